The average Bonchev–Trinajstić information content (AvgIpc) is 2.99. The van der Waals surface area contributed by atoms with Crippen molar-refractivity contribution < 1.29 is 4.79 Å². The zero-order valence-electron chi connectivity index (χ0n) is 11.2. The topological polar surface area (TPSA) is 55.1 Å². The Bertz CT molecular complexity index is 638. The standard InChI is InChI=1S/C16H16N2OS/c1-12(15-9-5-11-20-15)18-16(19)14-8-3-2-6-13(14)7-4-10-17/h2-3,5-6,8-9,11-12H,10,17H2,1H3,(H,18,19). The van der Waals surface area contributed by atoms with Gasteiger partial charge in [0.05, 0.1) is 18.2 Å². The van der Waals surface area contributed by atoms with E-state index in [1.54, 1.807) is 17.4 Å². The molecule has 0 aliphatic rings. The lowest BCUT2D eigenvalue weighted by Gasteiger charge is -2.13. The van der Waals surface area contributed by atoms with Gasteiger partial charge in [0.15, 0.2) is 0 Å². The van der Waals surface area contributed by atoms with E-state index in [2.05, 4.69) is 17.2 Å². The third-order valence-electron chi connectivity index (χ3n) is 2.81. The molecule has 4 heteroatoms. The van der Waals surface area contributed by atoms with Crippen molar-refractivity contribution in [1.29, 1.82) is 0 Å². The first-order valence-electron chi connectivity index (χ1n) is 6.34. The van der Waals surface area contributed by atoms with Gasteiger partial charge in [0.25, 0.3) is 5.91 Å². The highest BCUT2D eigenvalue weighted by Gasteiger charge is 2.14. The van der Waals surface area contributed by atoms with E-state index in [4.69, 9.17) is 5.73 Å². The van der Waals surface area contributed by atoms with Crippen LogP contribution in [0.2, 0.25) is 0 Å². The molecule has 1 heterocycles. The van der Waals surface area contributed by atoms with Crippen LogP contribution in [-0.2, 0) is 0 Å². The summed E-state index contributed by atoms with van der Waals surface area (Å²) in [5.74, 6) is 5.59. The van der Waals surface area contributed by atoms with E-state index in [9.17, 15) is 4.79 Å². The highest BCUT2D eigenvalue weighted by molar-refractivity contribution is 7.10. The van der Waals surface area contributed by atoms with E-state index < -0.39 is 0 Å². The van der Waals surface area contributed by atoms with E-state index in [0.717, 1.165) is 4.88 Å². The number of rotatable bonds is 3. The van der Waals surface area contributed by atoms with Crippen LogP contribution in [0.25, 0.3) is 0 Å². The van der Waals surface area contributed by atoms with Crippen LogP contribution in [0.4, 0.5) is 0 Å². The summed E-state index contributed by atoms with van der Waals surface area (Å²) in [4.78, 5) is 13.5. The van der Waals surface area contributed by atoms with Gasteiger partial charge >= 0.3 is 0 Å². The molecule has 0 radical (unpaired) electrons. The molecular formula is C16H16N2OS. The highest BCUT2D eigenvalue weighted by Crippen LogP contribution is 2.19. The maximum atomic E-state index is 12.3. The molecule has 0 aliphatic heterocycles. The summed E-state index contributed by atoms with van der Waals surface area (Å²) in [6.45, 7) is 2.25. The van der Waals surface area contributed by atoms with Crippen molar-refractivity contribution in [2.45, 2.75) is 13.0 Å². The highest BCUT2D eigenvalue weighted by atomic mass is 32.1. The smallest absolute Gasteiger partial charge is 0.253 e. The molecule has 0 spiro atoms. The van der Waals surface area contributed by atoms with Crippen molar-refractivity contribution in [3.63, 3.8) is 0 Å². The Kier molecular flexibility index (Phi) is 4.94. The summed E-state index contributed by atoms with van der Waals surface area (Å²) in [5.41, 5.74) is 6.66. The second kappa shape index (κ2) is 6.90. The SMILES string of the molecule is CC(NC(=O)c1ccccc1C#CCN)c1cccs1. The molecule has 20 heavy (non-hydrogen) atoms. The molecule has 1 aromatic heterocycles. The zero-order chi connectivity index (χ0) is 14.4. The van der Waals surface area contributed by atoms with Crippen LogP contribution in [-0.4, -0.2) is 12.5 Å². The van der Waals surface area contributed by atoms with E-state index in [0.29, 0.717) is 11.1 Å². The number of benzene rings is 1. The van der Waals surface area contributed by atoms with Crippen LogP contribution in [0.3, 0.4) is 0 Å². The molecule has 2 rings (SSSR count). The fraction of sp³-hybridized carbons (Fsp3) is 0.188. The summed E-state index contributed by atoms with van der Waals surface area (Å²) >= 11 is 1.63. The lowest BCUT2D eigenvalue weighted by atomic mass is 10.1. The Balaban J connectivity index is 2.17. The fourth-order valence-corrected chi connectivity index (χ4v) is 2.55. The minimum absolute atomic E-state index is 0.0157. The maximum Gasteiger partial charge on any atom is 0.253 e. The number of thiophene rings is 1. The average molecular weight is 284 g/mol. The number of carbonyl (C=O) groups excluding carboxylic acids is 1. The normalized spacial score (nSPS) is 11.3. The molecule has 0 saturated carbocycles. The van der Waals surface area contributed by atoms with Gasteiger partial charge < -0.3 is 11.1 Å². The Hall–Kier alpha value is -2.09. The summed E-state index contributed by atoms with van der Waals surface area (Å²) in [5, 5.41) is 4.99. The second-order valence-corrected chi connectivity index (χ2v) is 5.24. The summed E-state index contributed by atoms with van der Waals surface area (Å²) in [6.07, 6.45) is 0. The number of nitrogens with one attached hydrogen (secondary N) is 1. The van der Waals surface area contributed by atoms with Gasteiger partial charge in [-0.25, -0.2) is 0 Å². The van der Waals surface area contributed by atoms with Crippen molar-refractivity contribution in [2.24, 2.45) is 5.73 Å². The van der Waals surface area contributed by atoms with Gasteiger partial charge in [0.2, 0.25) is 0 Å². The van der Waals surface area contributed by atoms with Gasteiger partial charge in [0, 0.05) is 10.4 Å². The molecule has 0 fully saturated rings. The van der Waals surface area contributed by atoms with E-state index >= 15 is 0 Å². The summed E-state index contributed by atoms with van der Waals surface area (Å²) in [7, 11) is 0. The molecule has 0 aliphatic carbocycles. The number of hydrogen-bond donors (Lipinski definition) is 2. The molecule has 3 nitrogen and oxygen atoms in total. The third-order valence-corrected chi connectivity index (χ3v) is 3.87. The molecule has 0 bridgehead atoms. The Morgan fingerprint density at radius 3 is 2.85 bits per heavy atom. The number of hydrogen-bond acceptors (Lipinski definition) is 3. The number of nitrogens with two attached hydrogens (primary N) is 1. The summed E-state index contributed by atoms with van der Waals surface area (Å²) in [6, 6.07) is 11.3. The first-order valence-corrected chi connectivity index (χ1v) is 7.22. The van der Waals surface area contributed by atoms with Crippen LogP contribution < -0.4 is 11.1 Å². The van der Waals surface area contributed by atoms with Crippen LogP contribution in [0.15, 0.2) is 41.8 Å². The molecule has 3 N–H and O–H groups in total. The van der Waals surface area contributed by atoms with Crippen LogP contribution in [0.5, 0.6) is 0 Å². The minimum Gasteiger partial charge on any atom is -0.345 e. The molecule has 102 valence electrons. The predicted molar refractivity (Wildman–Crippen MR) is 82.6 cm³/mol. The van der Waals surface area contributed by atoms with Gasteiger partial charge in [-0.3, -0.25) is 4.79 Å². The first-order chi connectivity index (χ1) is 9.72. The Morgan fingerprint density at radius 2 is 2.15 bits per heavy atom. The van der Waals surface area contributed by atoms with Crippen molar-refractivity contribution in [3.05, 3.63) is 57.8 Å². The molecule has 1 aromatic carbocycles. The lowest BCUT2D eigenvalue weighted by Crippen LogP contribution is -2.26. The van der Waals surface area contributed by atoms with Crippen molar-refractivity contribution >= 4 is 17.2 Å². The molecule has 1 unspecified atom stereocenters. The van der Waals surface area contributed by atoms with Crippen molar-refractivity contribution in [2.75, 3.05) is 6.54 Å². The molecule has 2 aromatic rings. The predicted octanol–water partition coefficient (Wildman–Crippen LogP) is 2.55. The Morgan fingerprint density at radius 1 is 1.35 bits per heavy atom. The van der Waals surface area contributed by atoms with Gasteiger partial charge in [-0.15, -0.1) is 11.3 Å². The zero-order valence-corrected chi connectivity index (χ0v) is 12.0. The monoisotopic (exact) mass is 284 g/mol. The minimum atomic E-state index is -0.118. The molecule has 0 saturated heterocycles. The van der Waals surface area contributed by atoms with Gasteiger partial charge in [-0.05, 0) is 30.5 Å². The van der Waals surface area contributed by atoms with Gasteiger partial charge in [-0.2, -0.15) is 0 Å². The van der Waals surface area contributed by atoms with Crippen LogP contribution in [0, 0.1) is 11.8 Å². The van der Waals surface area contributed by atoms with Crippen molar-refractivity contribution in [3.8, 4) is 11.8 Å². The maximum absolute atomic E-state index is 12.3. The van der Waals surface area contributed by atoms with E-state index in [1.807, 2.05) is 42.6 Å². The largest absolute Gasteiger partial charge is 0.345 e. The van der Waals surface area contributed by atoms with E-state index in [1.165, 1.54) is 0 Å². The third kappa shape index (κ3) is 3.47. The quantitative estimate of drug-likeness (QED) is 0.851. The summed E-state index contributed by atoms with van der Waals surface area (Å²) < 4.78 is 0. The lowest BCUT2D eigenvalue weighted by molar-refractivity contribution is 0.0940. The van der Waals surface area contributed by atoms with Gasteiger partial charge in [-0.1, -0.05) is 30.0 Å². The van der Waals surface area contributed by atoms with Crippen molar-refractivity contribution in [1.82, 2.24) is 5.32 Å². The molecule has 1 amide bonds. The van der Waals surface area contributed by atoms with Crippen LogP contribution >= 0.6 is 11.3 Å². The van der Waals surface area contributed by atoms with Crippen LogP contribution in [0.1, 0.15) is 33.8 Å². The number of carbonyl (C=O) groups is 1. The number of amides is 1. The first kappa shape index (κ1) is 14.3. The van der Waals surface area contributed by atoms with E-state index in [-0.39, 0.29) is 18.5 Å². The second-order valence-electron chi connectivity index (χ2n) is 4.26. The molecular weight excluding hydrogens is 268 g/mol. The molecule has 1 atom stereocenters. The Labute approximate surface area is 122 Å². The fourth-order valence-electron chi connectivity index (χ4n) is 1.82. The van der Waals surface area contributed by atoms with Gasteiger partial charge in [0.1, 0.15) is 0 Å².